The lowest BCUT2D eigenvalue weighted by Gasteiger charge is -2.18. The molecule has 0 bridgehead atoms. The first-order chi connectivity index (χ1) is 9.71. The maximum absolute atomic E-state index is 6.05. The van der Waals surface area contributed by atoms with Crippen molar-refractivity contribution >= 4 is 11.6 Å². The van der Waals surface area contributed by atoms with E-state index in [2.05, 4.69) is 24.1 Å². The lowest BCUT2D eigenvalue weighted by Crippen LogP contribution is -2.27. The summed E-state index contributed by atoms with van der Waals surface area (Å²) < 4.78 is 5.62. The van der Waals surface area contributed by atoms with Gasteiger partial charge in [-0.25, -0.2) is 0 Å². The second-order valence-corrected chi connectivity index (χ2v) is 5.18. The molecule has 0 spiro atoms. The summed E-state index contributed by atoms with van der Waals surface area (Å²) in [5.41, 5.74) is 1.13. The molecule has 0 aliphatic heterocycles. The van der Waals surface area contributed by atoms with Crippen LogP contribution in [0.25, 0.3) is 0 Å². The number of halogens is 1. The van der Waals surface area contributed by atoms with Crippen molar-refractivity contribution in [3.8, 4) is 5.75 Å². The summed E-state index contributed by atoms with van der Waals surface area (Å²) in [7, 11) is 0. The molecule has 0 aromatic heterocycles. The van der Waals surface area contributed by atoms with Gasteiger partial charge in [0, 0.05) is 17.1 Å². The van der Waals surface area contributed by atoms with Crippen molar-refractivity contribution in [2.24, 2.45) is 0 Å². The van der Waals surface area contributed by atoms with Crippen LogP contribution in [0.1, 0.15) is 32.8 Å². The summed E-state index contributed by atoms with van der Waals surface area (Å²) in [5.74, 6) is 0.924. The smallest absolute Gasteiger partial charge is 0.123 e. The molecule has 0 fully saturated rings. The Balaban J connectivity index is 2.35. The zero-order valence-corrected chi connectivity index (χ0v) is 13.7. The molecule has 0 atom stereocenters. The first kappa shape index (κ1) is 17.3. The molecular formula is C16H27ClN2O. The topological polar surface area (TPSA) is 24.5 Å². The van der Waals surface area contributed by atoms with Gasteiger partial charge in [0.25, 0.3) is 0 Å². The van der Waals surface area contributed by atoms with Gasteiger partial charge < -0.3 is 15.0 Å². The normalized spacial score (nSPS) is 11.1. The number of nitrogens with zero attached hydrogens (tertiary/aromatic N) is 1. The fourth-order valence-corrected chi connectivity index (χ4v) is 2.37. The van der Waals surface area contributed by atoms with Crippen LogP contribution in [0, 0.1) is 0 Å². The average molecular weight is 299 g/mol. The molecular weight excluding hydrogens is 272 g/mol. The summed E-state index contributed by atoms with van der Waals surface area (Å²) in [6.07, 6.45) is 1.16. The number of nitrogens with one attached hydrogen (secondary N) is 1. The first-order valence-electron chi connectivity index (χ1n) is 7.55. The molecule has 20 heavy (non-hydrogen) atoms. The highest BCUT2D eigenvalue weighted by molar-refractivity contribution is 6.30. The minimum atomic E-state index is 0.677. The molecule has 1 aromatic carbocycles. The van der Waals surface area contributed by atoms with Gasteiger partial charge in [-0.3, -0.25) is 0 Å². The van der Waals surface area contributed by atoms with Crippen molar-refractivity contribution in [1.82, 2.24) is 10.2 Å². The maximum Gasteiger partial charge on any atom is 0.123 e. The van der Waals surface area contributed by atoms with E-state index in [1.807, 2.05) is 25.1 Å². The summed E-state index contributed by atoms with van der Waals surface area (Å²) in [6.45, 7) is 12.3. The van der Waals surface area contributed by atoms with Crippen LogP contribution in [0.5, 0.6) is 5.75 Å². The van der Waals surface area contributed by atoms with Gasteiger partial charge in [-0.2, -0.15) is 0 Å². The molecule has 0 saturated carbocycles. The highest BCUT2D eigenvalue weighted by Gasteiger charge is 2.04. The maximum atomic E-state index is 6.05. The third kappa shape index (κ3) is 6.12. The van der Waals surface area contributed by atoms with E-state index in [4.69, 9.17) is 16.3 Å². The Morgan fingerprint density at radius 3 is 2.60 bits per heavy atom. The highest BCUT2D eigenvalue weighted by Crippen LogP contribution is 2.22. The second-order valence-electron chi connectivity index (χ2n) is 4.74. The largest absolute Gasteiger partial charge is 0.494 e. The van der Waals surface area contributed by atoms with E-state index in [9.17, 15) is 0 Å². The molecule has 0 radical (unpaired) electrons. The van der Waals surface area contributed by atoms with Gasteiger partial charge in [-0.15, -0.1) is 0 Å². The zero-order chi connectivity index (χ0) is 14.8. The standard InChI is InChI=1S/C16H27ClN2O/c1-4-19(5-2)11-7-10-18-13-14-12-15(17)8-9-16(14)20-6-3/h8-9,12,18H,4-7,10-11,13H2,1-3H3. The summed E-state index contributed by atoms with van der Waals surface area (Å²) in [4.78, 5) is 2.44. The third-order valence-electron chi connectivity index (χ3n) is 3.36. The molecule has 1 aromatic rings. The predicted molar refractivity (Wildman–Crippen MR) is 86.7 cm³/mol. The molecule has 0 unspecified atom stereocenters. The van der Waals surface area contributed by atoms with Crippen molar-refractivity contribution in [1.29, 1.82) is 0 Å². The Labute approximate surface area is 128 Å². The molecule has 0 aliphatic rings. The first-order valence-corrected chi connectivity index (χ1v) is 7.93. The van der Waals surface area contributed by atoms with Crippen LogP contribution < -0.4 is 10.1 Å². The van der Waals surface area contributed by atoms with Gasteiger partial charge in [0.05, 0.1) is 6.61 Å². The van der Waals surface area contributed by atoms with E-state index in [0.29, 0.717) is 6.61 Å². The van der Waals surface area contributed by atoms with Crippen molar-refractivity contribution < 1.29 is 4.74 Å². The van der Waals surface area contributed by atoms with Crippen molar-refractivity contribution in [2.45, 2.75) is 33.7 Å². The fourth-order valence-electron chi connectivity index (χ4n) is 2.17. The fraction of sp³-hybridized carbons (Fsp3) is 0.625. The van der Waals surface area contributed by atoms with Crippen LogP contribution in [0.2, 0.25) is 5.02 Å². The second kappa shape index (κ2) is 10.0. The highest BCUT2D eigenvalue weighted by atomic mass is 35.5. The third-order valence-corrected chi connectivity index (χ3v) is 3.60. The predicted octanol–water partition coefficient (Wildman–Crippen LogP) is 3.56. The molecule has 0 heterocycles. The molecule has 1 N–H and O–H groups in total. The van der Waals surface area contributed by atoms with Gasteiger partial charge in [0.2, 0.25) is 0 Å². The van der Waals surface area contributed by atoms with Crippen LogP contribution in [0.15, 0.2) is 18.2 Å². The monoisotopic (exact) mass is 298 g/mol. The minimum Gasteiger partial charge on any atom is -0.494 e. The average Bonchev–Trinajstić information content (AvgIpc) is 2.45. The van der Waals surface area contributed by atoms with E-state index in [0.717, 1.165) is 55.5 Å². The Morgan fingerprint density at radius 2 is 1.95 bits per heavy atom. The molecule has 1 rings (SSSR count). The Kier molecular flexibility index (Phi) is 8.67. The molecule has 0 aliphatic carbocycles. The number of ether oxygens (including phenoxy) is 1. The van der Waals surface area contributed by atoms with Crippen LogP contribution >= 0.6 is 11.6 Å². The lowest BCUT2D eigenvalue weighted by atomic mass is 10.2. The molecule has 4 heteroatoms. The molecule has 114 valence electrons. The van der Waals surface area contributed by atoms with E-state index >= 15 is 0 Å². The van der Waals surface area contributed by atoms with Gasteiger partial charge in [-0.05, 0) is 57.7 Å². The van der Waals surface area contributed by atoms with Gasteiger partial charge >= 0.3 is 0 Å². The van der Waals surface area contributed by atoms with E-state index in [1.165, 1.54) is 0 Å². The lowest BCUT2D eigenvalue weighted by molar-refractivity contribution is 0.297. The Hall–Kier alpha value is -0.770. The van der Waals surface area contributed by atoms with Crippen molar-refractivity contribution in [3.63, 3.8) is 0 Å². The number of hydrogen-bond donors (Lipinski definition) is 1. The van der Waals surface area contributed by atoms with E-state index in [1.54, 1.807) is 0 Å². The van der Waals surface area contributed by atoms with Crippen molar-refractivity contribution in [2.75, 3.05) is 32.8 Å². The van der Waals surface area contributed by atoms with E-state index < -0.39 is 0 Å². The van der Waals surface area contributed by atoms with Crippen LogP contribution in [0.4, 0.5) is 0 Å². The van der Waals surface area contributed by atoms with E-state index in [-0.39, 0.29) is 0 Å². The molecule has 3 nitrogen and oxygen atoms in total. The Morgan fingerprint density at radius 1 is 1.20 bits per heavy atom. The molecule has 0 amide bonds. The summed E-state index contributed by atoms with van der Waals surface area (Å²) in [5, 5.41) is 4.22. The summed E-state index contributed by atoms with van der Waals surface area (Å²) >= 11 is 6.05. The number of rotatable bonds is 10. The number of hydrogen-bond acceptors (Lipinski definition) is 3. The van der Waals surface area contributed by atoms with Gasteiger partial charge in [-0.1, -0.05) is 25.4 Å². The van der Waals surface area contributed by atoms with Gasteiger partial charge in [0.15, 0.2) is 0 Å². The van der Waals surface area contributed by atoms with Crippen LogP contribution in [0.3, 0.4) is 0 Å². The Bertz CT molecular complexity index is 381. The molecule has 0 saturated heterocycles. The van der Waals surface area contributed by atoms with Crippen LogP contribution in [-0.4, -0.2) is 37.7 Å². The quantitative estimate of drug-likeness (QED) is 0.669. The number of benzene rings is 1. The van der Waals surface area contributed by atoms with Gasteiger partial charge in [0.1, 0.15) is 5.75 Å². The SMILES string of the molecule is CCOc1ccc(Cl)cc1CNCCCN(CC)CC. The minimum absolute atomic E-state index is 0.677. The zero-order valence-electron chi connectivity index (χ0n) is 12.9. The summed E-state index contributed by atoms with van der Waals surface area (Å²) in [6, 6.07) is 5.79. The van der Waals surface area contributed by atoms with Crippen LogP contribution in [-0.2, 0) is 6.54 Å². The van der Waals surface area contributed by atoms with Crippen molar-refractivity contribution in [3.05, 3.63) is 28.8 Å².